The van der Waals surface area contributed by atoms with E-state index in [1.165, 1.54) is 0 Å². The molecule has 0 fully saturated rings. The van der Waals surface area contributed by atoms with Crippen LogP contribution in [0.15, 0.2) is 42.5 Å². The Morgan fingerprint density at radius 2 is 1.61 bits per heavy atom. The van der Waals surface area contributed by atoms with Crippen LogP contribution in [-0.2, 0) is 0 Å². The second kappa shape index (κ2) is 5.32. The predicted molar refractivity (Wildman–Crippen MR) is 80.2 cm³/mol. The standard InChI is InChI=1S/C15H17ClN2/c1-11-4-7-14(10-15(11)16)18(3)13-8-5-12(17-2)6-9-13/h4-10,17H,1-3H3. The molecule has 2 aromatic rings. The number of benzene rings is 2. The maximum absolute atomic E-state index is 6.16. The monoisotopic (exact) mass is 260 g/mol. The molecule has 0 unspecified atom stereocenters. The van der Waals surface area contributed by atoms with E-state index in [-0.39, 0.29) is 0 Å². The van der Waals surface area contributed by atoms with Gasteiger partial charge in [0.15, 0.2) is 0 Å². The van der Waals surface area contributed by atoms with Crippen molar-refractivity contribution >= 4 is 28.7 Å². The molecule has 0 amide bonds. The molecule has 0 aliphatic carbocycles. The predicted octanol–water partition coefficient (Wildman–Crippen LogP) is 4.46. The van der Waals surface area contributed by atoms with Gasteiger partial charge in [-0.25, -0.2) is 0 Å². The average molecular weight is 261 g/mol. The van der Waals surface area contributed by atoms with E-state index in [0.29, 0.717) is 0 Å². The van der Waals surface area contributed by atoms with Crippen LogP contribution in [0.3, 0.4) is 0 Å². The Labute approximate surface area is 113 Å². The first kappa shape index (κ1) is 12.8. The molecular formula is C15H17ClN2. The summed E-state index contributed by atoms with van der Waals surface area (Å²) >= 11 is 6.16. The molecule has 2 rings (SSSR count). The Hall–Kier alpha value is -1.67. The number of hydrogen-bond acceptors (Lipinski definition) is 2. The third kappa shape index (κ3) is 2.59. The second-order valence-electron chi connectivity index (χ2n) is 4.29. The molecule has 3 heteroatoms. The van der Waals surface area contributed by atoms with Crippen molar-refractivity contribution < 1.29 is 0 Å². The van der Waals surface area contributed by atoms with Gasteiger partial charge < -0.3 is 10.2 Å². The van der Waals surface area contributed by atoms with E-state index in [9.17, 15) is 0 Å². The molecule has 0 bridgehead atoms. The van der Waals surface area contributed by atoms with Crippen molar-refractivity contribution in [2.45, 2.75) is 6.92 Å². The SMILES string of the molecule is CNc1ccc(N(C)c2ccc(C)c(Cl)c2)cc1. The van der Waals surface area contributed by atoms with Crippen LogP contribution < -0.4 is 10.2 Å². The summed E-state index contributed by atoms with van der Waals surface area (Å²) in [5, 5.41) is 3.91. The third-order valence-corrected chi connectivity index (χ3v) is 3.49. The molecular weight excluding hydrogens is 244 g/mol. The summed E-state index contributed by atoms with van der Waals surface area (Å²) in [7, 11) is 3.95. The Morgan fingerprint density at radius 3 is 2.17 bits per heavy atom. The molecule has 0 saturated heterocycles. The summed E-state index contributed by atoms with van der Waals surface area (Å²) in [6.45, 7) is 2.01. The zero-order valence-electron chi connectivity index (χ0n) is 10.9. The quantitative estimate of drug-likeness (QED) is 0.877. The zero-order valence-corrected chi connectivity index (χ0v) is 11.6. The number of aryl methyl sites for hydroxylation is 1. The van der Waals surface area contributed by atoms with Crippen LogP contribution in [-0.4, -0.2) is 14.1 Å². The molecule has 0 radical (unpaired) electrons. The molecule has 1 N–H and O–H groups in total. The number of anilines is 3. The fourth-order valence-electron chi connectivity index (χ4n) is 1.79. The molecule has 0 atom stereocenters. The molecule has 0 aliphatic rings. The lowest BCUT2D eigenvalue weighted by molar-refractivity contribution is 1.20. The zero-order chi connectivity index (χ0) is 13.1. The van der Waals surface area contributed by atoms with Crippen LogP contribution in [0.4, 0.5) is 17.1 Å². The summed E-state index contributed by atoms with van der Waals surface area (Å²) in [6, 6.07) is 14.4. The van der Waals surface area contributed by atoms with Crippen molar-refractivity contribution in [3.05, 3.63) is 53.1 Å². The fourth-order valence-corrected chi connectivity index (χ4v) is 1.97. The lowest BCUT2D eigenvalue weighted by Crippen LogP contribution is -2.09. The molecule has 2 aromatic carbocycles. The van der Waals surface area contributed by atoms with Gasteiger partial charge in [0.1, 0.15) is 0 Å². The van der Waals surface area contributed by atoms with E-state index in [1.807, 2.05) is 33.2 Å². The average Bonchev–Trinajstić information content (AvgIpc) is 2.41. The Balaban J connectivity index is 2.28. The van der Waals surface area contributed by atoms with Gasteiger partial charge in [0, 0.05) is 36.2 Å². The van der Waals surface area contributed by atoms with Crippen LogP contribution in [0.1, 0.15) is 5.56 Å². The molecule has 18 heavy (non-hydrogen) atoms. The van der Waals surface area contributed by atoms with Gasteiger partial charge in [-0.1, -0.05) is 17.7 Å². The first-order valence-electron chi connectivity index (χ1n) is 5.89. The van der Waals surface area contributed by atoms with Gasteiger partial charge in [-0.05, 0) is 48.9 Å². The van der Waals surface area contributed by atoms with Gasteiger partial charge >= 0.3 is 0 Å². The maximum atomic E-state index is 6.16. The number of nitrogens with zero attached hydrogens (tertiary/aromatic N) is 1. The van der Waals surface area contributed by atoms with Crippen LogP contribution in [0, 0.1) is 6.92 Å². The van der Waals surface area contributed by atoms with Crippen LogP contribution in [0.5, 0.6) is 0 Å². The highest BCUT2D eigenvalue weighted by atomic mass is 35.5. The van der Waals surface area contributed by atoms with Crippen LogP contribution in [0.2, 0.25) is 5.02 Å². The summed E-state index contributed by atoms with van der Waals surface area (Å²) in [5.74, 6) is 0. The van der Waals surface area contributed by atoms with Crippen LogP contribution >= 0.6 is 11.6 Å². The third-order valence-electron chi connectivity index (χ3n) is 3.09. The van der Waals surface area contributed by atoms with E-state index in [2.05, 4.69) is 40.5 Å². The van der Waals surface area contributed by atoms with Crippen molar-refractivity contribution in [1.82, 2.24) is 0 Å². The topological polar surface area (TPSA) is 15.3 Å². The van der Waals surface area contributed by atoms with Crippen molar-refractivity contribution in [3.63, 3.8) is 0 Å². The molecule has 0 aromatic heterocycles. The van der Waals surface area contributed by atoms with Crippen molar-refractivity contribution in [3.8, 4) is 0 Å². The van der Waals surface area contributed by atoms with E-state index in [0.717, 1.165) is 27.6 Å². The number of halogens is 1. The summed E-state index contributed by atoms with van der Waals surface area (Å²) in [6.07, 6.45) is 0. The van der Waals surface area contributed by atoms with Crippen molar-refractivity contribution in [2.75, 3.05) is 24.3 Å². The lowest BCUT2D eigenvalue weighted by atomic mass is 10.2. The number of hydrogen-bond donors (Lipinski definition) is 1. The van der Waals surface area contributed by atoms with E-state index in [4.69, 9.17) is 11.6 Å². The first-order chi connectivity index (χ1) is 8.61. The smallest absolute Gasteiger partial charge is 0.0455 e. The minimum atomic E-state index is 0.797. The summed E-state index contributed by atoms with van der Waals surface area (Å²) in [5.41, 5.74) is 4.42. The highest BCUT2D eigenvalue weighted by Gasteiger charge is 2.05. The van der Waals surface area contributed by atoms with Gasteiger partial charge in [-0.2, -0.15) is 0 Å². The normalized spacial score (nSPS) is 10.2. The Kier molecular flexibility index (Phi) is 3.78. The van der Waals surface area contributed by atoms with Gasteiger partial charge in [-0.15, -0.1) is 0 Å². The largest absolute Gasteiger partial charge is 0.388 e. The van der Waals surface area contributed by atoms with Gasteiger partial charge in [0.2, 0.25) is 0 Å². The maximum Gasteiger partial charge on any atom is 0.0455 e. The van der Waals surface area contributed by atoms with E-state index >= 15 is 0 Å². The highest BCUT2D eigenvalue weighted by Crippen LogP contribution is 2.28. The second-order valence-corrected chi connectivity index (χ2v) is 4.70. The number of rotatable bonds is 3. The summed E-state index contributed by atoms with van der Waals surface area (Å²) < 4.78 is 0. The van der Waals surface area contributed by atoms with Crippen LogP contribution in [0.25, 0.3) is 0 Å². The minimum absolute atomic E-state index is 0.797. The van der Waals surface area contributed by atoms with Crippen molar-refractivity contribution in [2.24, 2.45) is 0 Å². The van der Waals surface area contributed by atoms with E-state index in [1.54, 1.807) is 0 Å². The van der Waals surface area contributed by atoms with Crippen molar-refractivity contribution in [1.29, 1.82) is 0 Å². The highest BCUT2D eigenvalue weighted by molar-refractivity contribution is 6.31. The fraction of sp³-hybridized carbons (Fsp3) is 0.200. The lowest BCUT2D eigenvalue weighted by Gasteiger charge is -2.20. The van der Waals surface area contributed by atoms with Gasteiger partial charge in [0.25, 0.3) is 0 Å². The molecule has 0 heterocycles. The van der Waals surface area contributed by atoms with E-state index < -0.39 is 0 Å². The molecule has 0 spiro atoms. The molecule has 94 valence electrons. The van der Waals surface area contributed by atoms with Gasteiger partial charge in [0.05, 0.1) is 0 Å². The Bertz CT molecular complexity index is 535. The first-order valence-corrected chi connectivity index (χ1v) is 6.27. The summed E-state index contributed by atoms with van der Waals surface area (Å²) in [4.78, 5) is 2.12. The molecule has 0 saturated carbocycles. The molecule has 2 nitrogen and oxygen atoms in total. The molecule has 0 aliphatic heterocycles. The Morgan fingerprint density at radius 1 is 1.00 bits per heavy atom. The van der Waals surface area contributed by atoms with Gasteiger partial charge in [-0.3, -0.25) is 0 Å². The number of nitrogens with one attached hydrogen (secondary N) is 1. The minimum Gasteiger partial charge on any atom is -0.388 e.